The molecule has 3 aromatic carbocycles. The lowest BCUT2D eigenvalue weighted by Gasteiger charge is -2.17. The van der Waals surface area contributed by atoms with E-state index in [-0.39, 0.29) is 17.3 Å². The van der Waals surface area contributed by atoms with Crippen molar-refractivity contribution in [1.29, 1.82) is 0 Å². The summed E-state index contributed by atoms with van der Waals surface area (Å²) in [5, 5.41) is 4.18. The average Bonchev–Trinajstić information content (AvgIpc) is 2.87. The number of hydrogen-bond acceptors (Lipinski definition) is 6. The summed E-state index contributed by atoms with van der Waals surface area (Å²) in [6.45, 7) is 3.85. The molecule has 9 heteroatoms. The van der Waals surface area contributed by atoms with Gasteiger partial charge in [0.15, 0.2) is 11.5 Å². The van der Waals surface area contributed by atoms with E-state index in [9.17, 15) is 13.2 Å². The fourth-order valence-corrected chi connectivity index (χ4v) is 4.48. The molecule has 3 rings (SSSR count). The molecule has 3 aromatic rings. The van der Waals surface area contributed by atoms with E-state index in [1.54, 1.807) is 81.8 Å². The second-order valence-electron chi connectivity index (χ2n) is 7.98. The Labute approximate surface area is 206 Å². The molecular weight excluding hydrogens is 466 g/mol. The van der Waals surface area contributed by atoms with Crippen molar-refractivity contribution in [3.05, 3.63) is 89.0 Å². The van der Waals surface area contributed by atoms with Crippen LogP contribution in [0.25, 0.3) is 0 Å². The van der Waals surface area contributed by atoms with Gasteiger partial charge in [0, 0.05) is 24.7 Å². The van der Waals surface area contributed by atoms with Crippen LogP contribution in [0.1, 0.15) is 34.0 Å². The van der Waals surface area contributed by atoms with E-state index in [1.807, 2.05) is 13.0 Å². The van der Waals surface area contributed by atoms with Crippen LogP contribution in [0.15, 0.2) is 76.7 Å². The molecule has 0 saturated carbocycles. The summed E-state index contributed by atoms with van der Waals surface area (Å²) in [5.74, 6) is 0.790. The Morgan fingerprint density at radius 2 is 1.51 bits per heavy atom. The van der Waals surface area contributed by atoms with Crippen LogP contribution in [-0.2, 0) is 16.6 Å². The Kier molecular flexibility index (Phi) is 8.26. The Bertz CT molecular complexity index is 1320. The van der Waals surface area contributed by atoms with Crippen LogP contribution >= 0.6 is 0 Å². The van der Waals surface area contributed by atoms with Crippen LogP contribution in [0, 0.1) is 6.92 Å². The third-order valence-electron chi connectivity index (χ3n) is 5.48. The monoisotopic (exact) mass is 495 g/mol. The quantitative estimate of drug-likeness (QED) is 0.358. The van der Waals surface area contributed by atoms with Gasteiger partial charge in [-0.05, 0) is 61.9 Å². The fraction of sp³-hybridized carbons (Fsp3) is 0.231. The van der Waals surface area contributed by atoms with Gasteiger partial charge in [0.1, 0.15) is 0 Å². The van der Waals surface area contributed by atoms with E-state index in [1.165, 1.54) is 11.4 Å². The zero-order valence-corrected chi connectivity index (χ0v) is 21.2. The number of benzene rings is 3. The van der Waals surface area contributed by atoms with Crippen LogP contribution in [0.4, 0.5) is 0 Å². The van der Waals surface area contributed by atoms with Crippen molar-refractivity contribution in [2.75, 3.05) is 21.3 Å². The van der Waals surface area contributed by atoms with Crippen LogP contribution < -0.4 is 14.9 Å². The predicted octanol–water partition coefficient (Wildman–Crippen LogP) is 3.99. The van der Waals surface area contributed by atoms with Gasteiger partial charge < -0.3 is 9.47 Å². The van der Waals surface area contributed by atoms with Gasteiger partial charge in [0.05, 0.1) is 24.8 Å². The molecule has 0 radical (unpaired) electrons. The van der Waals surface area contributed by atoms with Crippen LogP contribution in [0.2, 0.25) is 0 Å². The number of rotatable bonds is 9. The van der Waals surface area contributed by atoms with E-state index in [0.717, 1.165) is 16.7 Å². The van der Waals surface area contributed by atoms with Crippen LogP contribution in [-0.4, -0.2) is 45.6 Å². The summed E-state index contributed by atoms with van der Waals surface area (Å²) in [6.07, 6.45) is 0. The van der Waals surface area contributed by atoms with E-state index >= 15 is 0 Å². The highest BCUT2D eigenvalue weighted by molar-refractivity contribution is 7.89. The SMILES string of the molecule is COc1ccc(C(C)=NNC(=O)c2ccc(CN(C)S(=O)(=O)c3ccc(C)cc3)cc2)cc1OC. The summed E-state index contributed by atoms with van der Waals surface area (Å²) in [7, 11) is 1.03. The summed E-state index contributed by atoms with van der Waals surface area (Å²) in [4.78, 5) is 12.8. The molecular formula is C26H29N3O5S. The molecule has 35 heavy (non-hydrogen) atoms. The molecule has 0 aromatic heterocycles. The molecule has 0 aliphatic heterocycles. The van der Waals surface area contributed by atoms with Gasteiger partial charge in [-0.1, -0.05) is 29.8 Å². The molecule has 184 valence electrons. The van der Waals surface area contributed by atoms with Crippen molar-refractivity contribution < 1.29 is 22.7 Å². The summed E-state index contributed by atoms with van der Waals surface area (Å²) >= 11 is 0. The number of hydrazone groups is 1. The first-order valence-corrected chi connectivity index (χ1v) is 12.3. The molecule has 0 saturated heterocycles. The summed E-state index contributed by atoms with van der Waals surface area (Å²) < 4.78 is 37.4. The van der Waals surface area contributed by atoms with E-state index in [2.05, 4.69) is 10.5 Å². The van der Waals surface area contributed by atoms with Gasteiger partial charge in [-0.15, -0.1) is 0 Å². The maximum Gasteiger partial charge on any atom is 0.271 e. The minimum Gasteiger partial charge on any atom is -0.493 e. The topological polar surface area (TPSA) is 97.3 Å². The summed E-state index contributed by atoms with van der Waals surface area (Å²) in [6, 6.07) is 18.8. The van der Waals surface area contributed by atoms with Crippen LogP contribution in [0.3, 0.4) is 0 Å². The molecule has 8 nitrogen and oxygen atoms in total. The normalized spacial score (nSPS) is 11.9. The zero-order valence-electron chi connectivity index (χ0n) is 20.4. The number of nitrogens with zero attached hydrogens (tertiary/aromatic N) is 2. The van der Waals surface area contributed by atoms with Crippen molar-refractivity contribution in [2.24, 2.45) is 5.10 Å². The standard InChI is InChI=1S/C26H29N3O5S/c1-18-6-13-23(14-7-18)35(31,32)29(3)17-20-8-10-21(11-9-20)26(30)28-27-19(2)22-12-15-24(33-4)25(16-22)34-5/h6-16H,17H2,1-5H3,(H,28,30). The van der Waals surface area contributed by atoms with Gasteiger partial charge in [-0.2, -0.15) is 9.41 Å². The van der Waals surface area contributed by atoms with Gasteiger partial charge in [0.2, 0.25) is 10.0 Å². The molecule has 0 bridgehead atoms. The highest BCUT2D eigenvalue weighted by atomic mass is 32.2. The maximum atomic E-state index is 12.8. The number of aryl methyl sites for hydroxylation is 1. The number of ether oxygens (including phenoxy) is 2. The third kappa shape index (κ3) is 6.26. The highest BCUT2D eigenvalue weighted by Gasteiger charge is 2.20. The fourth-order valence-electron chi connectivity index (χ4n) is 3.32. The molecule has 1 N–H and O–H groups in total. The molecule has 0 unspecified atom stereocenters. The second-order valence-corrected chi connectivity index (χ2v) is 10.0. The Morgan fingerprint density at radius 3 is 2.11 bits per heavy atom. The second kappa shape index (κ2) is 11.2. The molecule has 1 amide bonds. The smallest absolute Gasteiger partial charge is 0.271 e. The Balaban J connectivity index is 1.65. The first-order chi connectivity index (χ1) is 16.6. The van der Waals surface area contributed by atoms with Crippen molar-refractivity contribution in [3.8, 4) is 11.5 Å². The zero-order chi connectivity index (χ0) is 25.6. The number of hydrogen-bond donors (Lipinski definition) is 1. The van der Waals surface area contributed by atoms with Gasteiger partial charge in [-0.25, -0.2) is 13.8 Å². The van der Waals surface area contributed by atoms with E-state index < -0.39 is 10.0 Å². The van der Waals surface area contributed by atoms with Crippen molar-refractivity contribution in [2.45, 2.75) is 25.3 Å². The predicted molar refractivity (Wildman–Crippen MR) is 135 cm³/mol. The Hall–Kier alpha value is -3.69. The molecule has 0 aliphatic rings. The lowest BCUT2D eigenvalue weighted by atomic mass is 10.1. The first kappa shape index (κ1) is 25.9. The van der Waals surface area contributed by atoms with Gasteiger partial charge in [-0.3, -0.25) is 4.79 Å². The van der Waals surface area contributed by atoms with Gasteiger partial charge in [0.25, 0.3) is 5.91 Å². The number of carbonyl (C=O) groups excluding carboxylic acids is 1. The number of carbonyl (C=O) groups is 1. The first-order valence-electron chi connectivity index (χ1n) is 10.8. The number of methoxy groups -OCH3 is 2. The molecule has 0 heterocycles. The number of sulfonamides is 1. The van der Waals surface area contributed by atoms with Gasteiger partial charge >= 0.3 is 0 Å². The van der Waals surface area contributed by atoms with Crippen molar-refractivity contribution in [3.63, 3.8) is 0 Å². The Morgan fingerprint density at radius 1 is 0.914 bits per heavy atom. The number of nitrogens with one attached hydrogen (secondary N) is 1. The van der Waals surface area contributed by atoms with Crippen molar-refractivity contribution in [1.82, 2.24) is 9.73 Å². The number of amides is 1. The van der Waals surface area contributed by atoms with E-state index in [4.69, 9.17) is 9.47 Å². The summed E-state index contributed by atoms with van der Waals surface area (Å²) in [5.41, 5.74) is 6.06. The lowest BCUT2D eigenvalue weighted by molar-refractivity contribution is 0.0955. The average molecular weight is 496 g/mol. The van der Waals surface area contributed by atoms with Crippen molar-refractivity contribution >= 4 is 21.6 Å². The van der Waals surface area contributed by atoms with Crippen LogP contribution in [0.5, 0.6) is 11.5 Å². The molecule has 0 fully saturated rings. The molecule has 0 atom stereocenters. The maximum absolute atomic E-state index is 12.8. The minimum atomic E-state index is -3.61. The molecule has 0 spiro atoms. The minimum absolute atomic E-state index is 0.175. The largest absolute Gasteiger partial charge is 0.493 e. The lowest BCUT2D eigenvalue weighted by Crippen LogP contribution is -2.26. The highest BCUT2D eigenvalue weighted by Crippen LogP contribution is 2.27. The molecule has 0 aliphatic carbocycles. The van der Waals surface area contributed by atoms with E-state index in [0.29, 0.717) is 22.8 Å². The third-order valence-corrected chi connectivity index (χ3v) is 7.29.